The van der Waals surface area contributed by atoms with Gasteiger partial charge in [0.15, 0.2) is 0 Å². The van der Waals surface area contributed by atoms with E-state index < -0.39 is 0 Å². The number of aryl methyl sites for hydroxylation is 1. The predicted octanol–water partition coefficient (Wildman–Crippen LogP) is 3.72. The highest BCUT2D eigenvalue weighted by Crippen LogP contribution is 2.22. The third-order valence-corrected chi connectivity index (χ3v) is 3.37. The molecule has 19 heavy (non-hydrogen) atoms. The fourth-order valence-corrected chi connectivity index (χ4v) is 2.09. The molecule has 1 atom stereocenters. The van der Waals surface area contributed by atoms with E-state index in [1.807, 2.05) is 26.8 Å². The predicted molar refractivity (Wildman–Crippen MR) is 78.7 cm³/mol. The van der Waals surface area contributed by atoms with Gasteiger partial charge in [0, 0.05) is 22.1 Å². The number of amides is 1. The van der Waals surface area contributed by atoms with Crippen LogP contribution in [0.2, 0.25) is 5.02 Å². The summed E-state index contributed by atoms with van der Waals surface area (Å²) in [5, 5.41) is 4.37. The van der Waals surface area contributed by atoms with Gasteiger partial charge >= 0.3 is 0 Å². The molecule has 0 aliphatic carbocycles. The van der Waals surface area contributed by atoms with E-state index in [9.17, 15) is 4.79 Å². The molecule has 1 aromatic heterocycles. The monoisotopic (exact) mass is 276 g/mol. The minimum absolute atomic E-state index is 0.0767. The average molecular weight is 277 g/mol. The van der Waals surface area contributed by atoms with E-state index in [0.29, 0.717) is 10.6 Å². The second-order valence-electron chi connectivity index (χ2n) is 4.76. The van der Waals surface area contributed by atoms with E-state index in [0.717, 1.165) is 23.0 Å². The first kappa shape index (κ1) is 13.8. The maximum atomic E-state index is 12.3. The number of halogens is 1. The number of aromatic nitrogens is 1. The van der Waals surface area contributed by atoms with Crippen LogP contribution in [0.1, 0.15) is 36.3 Å². The SMILES string of the molecule is CC[C@@H](C)NC(=O)c1cc(C)nc2ccc(Cl)cc12. The van der Waals surface area contributed by atoms with Gasteiger partial charge in [-0.15, -0.1) is 0 Å². The zero-order valence-corrected chi connectivity index (χ0v) is 12.1. The van der Waals surface area contributed by atoms with Crippen molar-refractivity contribution in [3.8, 4) is 0 Å². The molecule has 1 aromatic carbocycles. The largest absolute Gasteiger partial charge is 0.350 e. The van der Waals surface area contributed by atoms with Crippen molar-refractivity contribution >= 4 is 28.4 Å². The Morgan fingerprint density at radius 1 is 1.42 bits per heavy atom. The minimum atomic E-state index is -0.0767. The highest BCUT2D eigenvalue weighted by atomic mass is 35.5. The molecule has 0 radical (unpaired) electrons. The average Bonchev–Trinajstić information content (AvgIpc) is 2.38. The minimum Gasteiger partial charge on any atom is -0.350 e. The van der Waals surface area contributed by atoms with E-state index in [2.05, 4.69) is 10.3 Å². The summed E-state index contributed by atoms with van der Waals surface area (Å²) < 4.78 is 0. The molecule has 100 valence electrons. The molecule has 0 spiro atoms. The Morgan fingerprint density at radius 3 is 2.84 bits per heavy atom. The van der Waals surface area contributed by atoms with Crippen molar-refractivity contribution in [3.05, 3.63) is 40.5 Å². The van der Waals surface area contributed by atoms with Crippen molar-refractivity contribution < 1.29 is 4.79 Å². The molecule has 0 saturated heterocycles. The lowest BCUT2D eigenvalue weighted by atomic mass is 10.1. The summed E-state index contributed by atoms with van der Waals surface area (Å²) in [4.78, 5) is 16.7. The lowest BCUT2D eigenvalue weighted by molar-refractivity contribution is 0.0941. The van der Waals surface area contributed by atoms with Crippen LogP contribution in [0.15, 0.2) is 24.3 Å². The van der Waals surface area contributed by atoms with Crippen LogP contribution in [-0.2, 0) is 0 Å². The normalized spacial score (nSPS) is 12.4. The lowest BCUT2D eigenvalue weighted by Crippen LogP contribution is -2.32. The summed E-state index contributed by atoms with van der Waals surface area (Å²) >= 11 is 6.01. The highest BCUT2D eigenvalue weighted by Gasteiger charge is 2.13. The number of nitrogens with zero attached hydrogens (tertiary/aromatic N) is 1. The topological polar surface area (TPSA) is 42.0 Å². The van der Waals surface area contributed by atoms with Gasteiger partial charge in [-0.05, 0) is 44.5 Å². The Kier molecular flexibility index (Phi) is 4.05. The van der Waals surface area contributed by atoms with Crippen molar-refractivity contribution in [1.29, 1.82) is 0 Å². The standard InChI is InChI=1S/C15H17ClN2O/c1-4-9(2)18-15(19)13-7-10(3)17-14-6-5-11(16)8-12(13)14/h5-9H,4H2,1-3H3,(H,18,19)/t9-/m1/s1. The zero-order valence-electron chi connectivity index (χ0n) is 11.3. The molecule has 0 unspecified atom stereocenters. The van der Waals surface area contributed by atoms with E-state index in [1.165, 1.54) is 0 Å². The number of nitrogens with one attached hydrogen (secondary N) is 1. The van der Waals surface area contributed by atoms with Crippen molar-refractivity contribution in [2.75, 3.05) is 0 Å². The fraction of sp³-hybridized carbons (Fsp3) is 0.333. The van der Waals surface area contributed by atoms with E-state index in [1.54, 1.807) is 18.2 Å². The first-order chi connectivity index (χ1) is 9.01. The van der Waals surface area contributed by atoms with Crippen LogP contribution in [0.4, 0.5) is 0 Å². The van der Waals surface area contributed by atoms with Gasteiger partial charge in [-0.3, -0.25) is 9.78 Å². The van der Waals surface area contributed by atoms with Crippen LogP contribution in [0.3, 0.4) is 0 Å². The molecule has 0 bridgehead atoms. The molecular formula is C15H17ClN2O. The number of benzene rings is 1. The van der Waals surface area contributed by atoms with Crippen molar-refractivity contribution in [3.63, 3.8) is 0 Å². The van der Waals surface area contributed by atoms with Crippen molar-refractivity contribution in [2.24, 2.45) is 0 Å². The highest BCUT2D eigenvalue weighted by molar-refractivity contribution is 6.31. The maximum absolute atomic E-state index is 12.3. The maximum Gasteiger partial charge on any atom is 0.252 e. The van der Waals surface area contributed by atoms with E-state index >= 15 is 0 Å². The smallest absolute Gasteiger partial charge is 0.252 e. The molecule has 0 fully saturated rings. The third-order valence-electron chi connectivity index (χ3n) is 3.13. The van der Waals surface area contributed by atoms with Gasteiger partial charge in [-0.25, -0.2) is 0 Å². The molecule has 0 aliphatic rings. The fourth-order valence-electron chi connectivity index (χ4n) is 1.92. The van der Waals surface area contributed by atoms with Crippen LogP contribution < -0.4 is 5.32 Å². The molecular weight excluding hydrogens is 260 g/mol. The van der Waals surface area contributed by atoms with Gasteiger partial charge in [0.25, 0.3) is 5.91 Å². The molecule has 1 N–H and O–H groups in total. The Hall–Kier alpha value is -1.61. The number of rotatable bonds is 3. The van der Waals surface area contributed by atoms with Crippen molar-refractivity contribution in [2.45, 2.75) is 33.2 Å². The zero-order chi connectivity index (χ0) is 14.0. The summed E-state index contributed by atoms with van der Waals surface area (Å²) in [5.74, 6) is -0.0767. The van der Waals surface area contributed by atoms with Crippen LogP contribution in [0.25, 0.3) is 10.9 Å². The number of hydrogen-bond acceptors (Lipinski definition) is 2. The van der Waals surface area contributed by atoms with Crippen LogP contribution >= 0.6 is 11.6 Å². The number of fused-ring (bicyclic) bond motifs is 1. The molecule has 1 amide bonds. The van der Waals surface area contributed by atoms with Crippen molar-refractivity contribution in [1.82, 2.24) is 10.3 Å². The Morgan fingerprint density at radius 2 is 2.16 bits per heavy atom. The molecule has 1 heterocycles. The lowest BCUT2D eigenvalue weighted by Gasteiger charge is -2.13. The van der Waals surface area contributed by atoms with Crippen LogP contribution in [0, 0.1) is 6.92 Å². The van der Waals surface area contributed by atoms with Crippen LogP contribution in [0.5, 0.6) is 0 Å². The van der Waals surface area contributed by atoms with Gasteiger partial charge in [0.2, 0.25) is 0 Å². The van der Waals surface area contributed by atoms with Gasteiger partial charge in [0.05, 0.1) is 11.1 Å². The third kappa shape index (κ3) is 3.04. The van der Waals surface area contributed by atoms with E-state index in [4.69, 9.17) is 11.6 Å². The molecule has 2 aromatic rings. The number of carbonyl (C=O) groups excluding carboxylic acids is 1. The summed E-state index contributed by atoms with van der Waals surface area (Å²) in [6.07, 6.45) is 0.897. The molecule has 4 heteroatoms. The van der Waals surface area contributed by atoms with E-state index in [-0.39, 0.29) is 11.9 Å². The van der Waals surface area contributed by atoms with Gasteiger partial charge in [-0.2, -0.15) is 0 Å². The summed E-state index contributed by atoms with van der Waals surface area (Å²) in [6, 6.07) is 7.36. The summed E-state index contributed by atoms with van der Waals surface area (Å²) in [6.45, 7) is 5.91. The molecule has 2 rings (SSSR count). The van der Waals surface area contributed by atoms with Gasteiger partial charge in [0.1, 0.15) is 0 Å². The van der Waals surface area contributed by atoms with Crippen LogP contribution in [-0.4, -0.2) is 16.9 Å². The molecule has 0 aliphatic heterocycles. The number of carbonyl (C=O) groups is 1. The van der Waals surface area contributed by atoms with Gasteiger partial charge < -0.3 is 5.32 Å². The number of hydrogen-bond donors (Lipinski definition) is 1. The second-order valence-corrected chi connectivity index (χ2v) is 5.19. The number of pyridine rings is 1. The Labute approximate surface area is 118 Å². The summed E-state index contributed by atoms with van der Waals surface area (Å²) in [5.41, 5.74) is 2.24. The Bertz CT molecular complexity index is 625. The molecule has 0 saturated carbocycles. The first-order valence-electron chi connectivity index (χ1n) is 6.39. The summed E-state index contributed by atoms with van der Waals surface area (Å²) in [7, 11) is 0. The first-order valence-corrected chi connectivity index (χ1v) is 6.77. The van der Waals surface area contributed by atoms with Gasteiger partial charge in [-0.1, -0.05) is 18.5 Å². The quantitative estimate of drug-likeness (QED) is 0.928. The molecule has 3 nitrogen and oxygen atoms in total. The Balaban J connectivity index is 2.52. The second kappa shape index (κ2) is 5.57.